The fourth-order valence-corrected chi connectivity index (χ4v) is 1.24. The predicted molar refractivity (Wildman–Crippen MR) is 62.3 cm³/mol. The average Bonchev–Trinajstić information content (AvgIpc) is 2.57. The summed E-state index contributed by atoms with van der Waals surface area (Å²) in [5.41, 5.74) is 1.31. The first-order valence-electron chi connectivity index (χ1n) is 5.20. The average molecular weight is 205 g/mol. The van der Waals surface area contributed by atoms with Gasteiger partial charge in [-0.15, -0.1) is 12.3 Å². The van der Waals surface area contributed by atoms with E-state index in [2.05, 4.69) is 41.6 Å². The normalized spacial score (nSPS) is 11.3. The van der Waals surface area contributed by atoms with Gasteiger partial charge in [0.15, 0.2) is 0 Å². The highest BCUT2D eigenvalue weighted by Crippen LogP contribution is 2.04. The zero-order chi connectivity index (χ0) is 11.3. The van der Waals surface area contributed by atoms with E-state index in [1.165, 1.54) is 5.69 Å². The Morgan fingerprint density at radius 2 is 2.27 bits per heavy atom. The van der Waals surface area contributed by atoms with Crippen LogP contribution in [0.4, 0.5) is 0 Å². The number of nitrogens with one attached hydrogen (secondary N) is 1. The van der Waals surface area contributed by atoms with Gasteiger partial charge in [-0.3, -0.25) is 0 Å². The van der Waals surface area contributed by atoms with Gasteiger partial charge >= 0.3 is 0 Å². The molecule has 0 aliphatic carbocycles. The van der Waals surface area contributed by atoms with Gasteiger partial charge in [0.2, 0.25) is 0 Å². The van der Waals surface area contributed by atoms with Crippen LogP contribution in [-0.4, -0.2) is 15.1 Å². The molecular weight excluding hydrogens is 186 g/mol. The Balaban J connectivity index is 2.54. The summed E-state index contributed by atoms with van der Waals surface area (Å²) in [4.78, 5) is 4.13. The fourth-order valence-electron chi connectivity index (χ4n) is 1.24. The van der Waals surface area contributed by atoms with Crippen LogP contribution in [0.2, 0.25) is 0 Å². The van der Waals surface area contributed by atoms with Gasteiger partial charge < -0.3 is 9.88 Å². The molecular formula is C12H19N3. The Kier molecular flexibility index (Phi) is 3.93. The van der Waals surface area contributed by atoms with E-state index in [1.54, 1.807) is 0 Å². The van der Waals surface area contributed by atoms with E-state index in [1.807, 2.05) is 12.5 Å². The Bertz CT molecular complexity index is 338. The van der Waals surface area contributed by atoms with Crippen molar-refractivity contribution in [3.05, 3.63) is 18.2 Å². The quantitative estimate of drug-likeness (QED) is 0.760. The van der Waals surface area contributed by atoms with Crippen LogP contribution >= 0.6 is 0 Å². The van der Waals surface area contributed by atoms with Crippen LogP contribution in [0.15, 0.2) is 12.5 Å². The van der Waals surface area contributed by atoms with E-state index in [4.69, 9.17) is 6.42 Å². The van der Waals surface area contributed by atoms with Crippen molar-refractivity contribution < 1.29 is 0 Å². The SMILES string of the molecule is C#CCCn1cncc1CNC(C)(C)C. The molecule has 1 aromatic heterocycles. The molecule has 0 aliphatic heterocycles. The number of hydrogen-bond acceptors (Lipinski definition) is 2. The first-order valence-corrected chi connectivity index (χ1v) is 5.20. The minimum atomic E-state index is 0.126. The van der Waals surface area contributed by atoms with Crippen molar-refractivity contribution >= 4 is 0 Å². The Morgan fingerprint density at radius 1 is 1.53 bits per heavy atom. The molecule has 3 heteroatoms. The Hall–Kier alpha value is -1.27. The predicted octanol–water partition coefficient (Wildman–Crippen LogP) is 1.79. The zero-order valence-corrected chi connectivity index (χ0v) is 9.75. The highest BCUT2D eigenvalue weighted by Gasteiger charge is 2.10. The van der Waals surface area contributed by atoms with E-state index < -0.39 is 0 Å². The van der Waals surface area contributed by atoms with Gasteiger partial charge in [0.05, 0.1) is 12.0 Å². The minimum Gasteiger partial charge on any atom is -0.332 e. The molecule has 0 unspecified atom stereocenters. The summed E-state index contributed by atoms with van der Waals surface area (Å²) in [7, 11) is 0. The van der Waals surface area contributed by atoms with E-state index in [0.29, 0.717) is 0 Å². The maximum Gasteiger partial charge on any atom is 0.0948 e. The van der Waals surface area contributed by atoms with E-state index in [9.17, 15) is 0 Å². The van der Waals surface area contributed by atoms with Crippen LogP contribution in [0.1, 0.15) is 32.9 Å². The third-order valence-corrected chi connectivity index (χ3v) is 2.10. The molecule has 1 aromatic rings. The second kappa shape index (κ2) is 4.99. The molecule has 0 saturated carbocycles. The maximum atomic E-state index is 5.24. The number of aryl methyl sites for hydroxylation is 1. The minimum absolute atomic E-state index is 0.126. The third kappa shape index (κ3) is 4.18. The molecule has 15 heavy (non-hydrogen) atoms. The van der Waals surface area contributed by atoms with Crippen LogP contribution in [0.5, 0.6) is 0 Å². The second-order valence-electron chi connectivity index (χ2n) is 4.64. The zero-order valence-electron chi connectivity index (χ0n) is 9.75. The van der Waals surface area contributed by atoms with Gasteiger partial charge in [-0.2, -0.15) is 0 Å². The lowest BCUT2D eigenvalue weighted by molar-refractivity contribution is 0.415. The molecule has 3 nitrogen and oxygen atoms in total. The van der Waals surface area contributed by atoms with Crippen LogP contribution in [-0.2, 0) is 13.1 Å². The molecule has 1 heterocycles. The van der Waals surface area contributed by atoms with E-state index >= 15 is 0 Å². The number of nitrogens with zero attached hydrogens (tertiary/aromatic N) is 2. The molecule has 1 N–H and O–H groups in total. The van der Waals surface area contributed by atoms with Gasteiger partial charge in [0.25, 0.3) is 0 Å². The molecule has 1 rings (SSSR count). The van der Waals surface area contributed by atoms with Crippen molar-refractivity contribution in [1.29, 1.82) is 0 Å². The number of imidazole rings is 1. The summed E-state index contributed by atoms with van der Waals surface area (Å²) in [6, 6.07) is 0. The summed E-state index contributed by atoms with van der Waals surface area (Å²) < 4.78 is 2.10. The number of aromatic nitrogens is 2. The van der Waals surface area contributed by atoms with Crippen LogP contribution in [0.3, 0.4) is 0 Å². The summed E-state index contributed by atoms with van der Waals surface area (Å²) in [5, 5.41) is 3.43. The smallest absolute Gasteiger partial charge is 0.0948 e. The van der Waals surface area contributed by atoms with Crippen LogP contribution in [0.25, 0.3) is 0 Å². The van der Waals surface area contributed by atoms with Crippen LogP contribution < -0.4 is 5.32 Å². The van der Waals surface area contributed by atoms with Crippen molar-refractivity contribution in [2.75, 3.05) is 0 Å². The molecule has 0 atom stereocenters. The summed E-state index contributed by atoms with van der Waals surface area (Å²) in [6.07, 6.45) is 9.70. The summed E-state index contributed by atoms with van der Waals surface area (Å²) in [5.74, 6) is 2.64. The van der Waals surface area contributed by atoms with Crippen molar-refractivity contribution in [3.63, 3.8) is 0 Å². The molecule has 0 radical (unpaired) electrons. The highest BCUT2D eigenvalue weighted by atomic mass is 15.1. The molecule has 0 aliphatic rings. The van der Waals surface area contributed by atoms with Crippen molar-refractivity contribution in [2.24, 2.45) is 0 Å². The number of hydrogen-bond donors (Lipinski definition) is 1. The molecule has 0 amide bonds. The fraction of sp³-hybridized carbons (Fsp3) is 0.583. The van der Waals surface area contributed by atoms with Gasteiger partial charge in [-0.1, -0.05) is 0 Å². The first kappa shape index (κ1) is 11.8. The molecule has 0 fully saturated rings. The molecule has 0 spiro atoms. The summed E-state index contributed by atoms with van der Waals surface area (Å²) in [6.45, 7) is 8.12. The van der Waals surface area contributed by atoms with E-state index in [-0.39, 0.29) is 5.54 Å². The molecule has 0 saturated heterocycles. The lowest BCUT2D eigenvalue weighted by Gasteiger charge is -2.20. The standard InChI is InChI=1S/C12H19N3/c1-5-6-7-15-10-13-8-11(15)9-14-12(2,3)4/h1,8,10,14H,6-7,9H2,2-4H3. The van der Waals surface area contributed by atoms with Gasteiger partial charge in [0.1, 0.15) is 0 Å². The van der Waals surface area contributed by atoms with Gasteiger partial charge in [-0.05, 0) is 20.8 Å². The van der Waals surface area contributed by atoms with E-state index in [0.717, 1.165) is 19.5 Å². The maximum absolute atomic E-state index is 5.24. The van der Waals surface area contributed by atoms with Crippen LogP contribution in [0, 0.1) is 12.3 Å². The molecule has 0 aromatic carbocycles. The highest BCUT2D eigenvalue weighted by molar-refractivity contribution is 4.99. The van der Waals surface area contributed by atoms with Gasteiger partial charge in [0, 0.05) is 31.2 Å². The first-order chi connectivity index (χ1) is 7.03. The molecule has 0 bridgehead atoms. The lowest BCUT2D eigenvalue weighted by atomic mass is 10.1. The molecule has 82 valence electrons. The largest absolute Gasteiger partial charge is 0.332 e. The monoisotopic (exact) mass is 205 g/mol. The Labute approximate surface area is 91.9 Å². The lowest BCUT2D eigenvalue weighted by Crippen LogP contribution is -2.35. The third-order valence-electron chi connectivity index (χ3n) is 2.10. The van der Waals surface area contributed by atoms with Crippen molar-refractivity contribution in [2.45, 2.75) is 45.8 Å². The Morgan fingerprint density at radius 3 is 2.87 bits per heavy atom. The summed E-state index contributed by atoms with van der Waals surface area (Å²) >= 11 is 0. The van der Waals surface area contributed by atoms with Gasteiger partial charge in [-0.25, -0.2) is 4.98 Å². The van der Waals surface area contributed by atoms with Crippen molar-refractivity contribution in [1.82, 2.24) is 14.9 Å². The van der Waals surface area contributed by atoms with Crippen molar-refractivity contribution in [3.8, 4) is 12.3 Å². The number of terminal acetylenes is 1. The second-order valence-corrected chi connectivity index (χ2v) is 4.64. The number of rotatable bonds is 4. The topological polar surface area (TPSA) is 29.9 Å².